The summed E-state index contributed by atoms with van der Waals surface area (Å²) in [5.74, 6) is -1.60. The Kier molecular flexibility index (Phi) is 5.41. The Morgan fingerprint density at radius 2 is 2.00 bits per heavy atom. The van der Waals surface area contributed by atoms with Gasteiger partial charge in [0.1, 0.15) is 0 Å². The van der Waals surface area contributed by atoms with Gasteiger partial charge >= 0.3 is 5.97 Å². The molecule has 24 heavy (non-hydrogen) atoms. The fraction of sp³-hybridized carbons (Fsp3) is 0.556. The van der Waals surface area contributed by atoms with Crippen LogP contribution in [0.3, 0.4) is 0 Å². The van der Waals surface area contributed by atoms with Crippen molar-refractivity contribution < 1.29 is 19.4 Å². The summed E-state index contributed by atoms with van der Waals surface area (Å²) in [4.78, 5) is 25.7. The van der Waals surface area contributed by atoms with E-state index >= 15 is 0 Å². The molecule has 0 aromatic heterocycles. The lowest BCUT2D eigenvalue weighted by Crippen LogP contribution is -2.30. The number of rotatable bonds is 5. The van der Waals surface area contributed by atoms with Crippen molar-refractivity contribution in [2.45, 2.75) is 37.7 Å². The second-order valence-corrected chi connectivity index (χ2v) is 7.01. The molecule has 1 N–H and O–H groups in total. The summed E-state index contributed by atoms with van der Waals surface area (Å²) in [6, 6.07) is 7.22. The van der Waals surface area contributed by atoms with E-state index in [-0.39, 0.29) is 24.5 Å². The van der Waals surface area contributed by atoms with Crippen LogP contribution in [0.4, 0.5) is 0 Å². The molecule has 2 aliphatic heterocycles. The van der Waals surface area contributed by atoms with E-state index in [0.29, 0.717) is 18.0 Å². The number of ether oxygens (including phenoxy) is 1. The Bertz CT molecular complexity index is 598. The maximum absolute atomic E-state index is 12.5. The first-order valence-corrected chi connectivity index (χ1v) is 8.80. The van der Waals surface area contributed by atoms with Crippen LogP contribution in [0.1, 0.15) is 37.2 Å². The molecule has 2 saturated heterocycles. The second-order valence-electron chi connectivity index (χ2n) is 6.58. The first-order chi connectivity index (χ1) is 11.5. The smallest absolute Gasteiger partial charge is 0.308 e. The third kappa shape index (κ3) is 3.90. The van der Waals surface area contributed by atoms with Gasteiger partial charge in [0.05, 0.1) is 12.0 Å². The minimum Gasteiger partial charge on any atom is -0.481 e. The second kappa shape index (κ2) is 7.53. The average Bonchev–Trinajstić information content (AvgIpc) is 3.23. The van der Waals surface area contributed by atoms with E-state index in [1.54, 1.807) is 17.0 Å². The molecule has 0 radical (unpaired) electrons. The van der Waals surface area contributed by atoms with Crippen molar-refractivity contribution >= 4 is 23.5 Å². The number of carboxylic acids is 1. The van der Waals surface area contributed by atoms with Gasteiger partial charge in [-0.15, -0.1) is 0 Å². The van der Waals surface area contributed by atoms with Crippen LogP contribution in [-0.2, 0) is 14.3 Å². The fourth-order valence-electron chi connectivity index (χ4n) is 3.62. The number of nitrogens with zero attached hydrogens (tertiary/aromatic N) is 1. The normalized spacial score (nSPS) is 26.7. The van der Waals surface area contributed by atoms with Crippen LogP contribution in [-0.4, -0.2) is 47.7 Å². The Balaban J connectivity index is 1.64. The van der Waals surface area contributed by atoms with Gasteiger partial charge in [0.15, 0.2) is 0 Å². The molecule has 0 spiro atoms. The van der Waals surface area contributed by atoms with Crippen LogP contribution in [0.2, 0.25) is 5.02 Å². The van der Waals surface area contributed by atoms with Crippen LogP contribution >= 0.6 is 11.6 Å². The predicted octanol–water partition coefficient (Wildman–Crippen LogP) is 2.93. The number of carboxylic acid groups (broad SMARTS) is 1. The highest BCUT2D eigenvalue weighted by atomic mass is 35.5. The molecule has 2 fully saturated rings. The summed E-state index contributed by atoms with van der Waals surface area (Å²) in [5, 5.41) is 10.1. The zero-order valence-electron chi connectivity index (χ0n) is 13.5. The Labute approximate surface area is 146 Å². The van der Waals surface area contributed by atoms with E-state index in [1.165, 1.54) is 0 Å². The van der Waals surface area contributed by atoms with Gasteiger partial charge in [0, 0.05) is 37.1 Å². The lowest BCUT2D eigenvalue weighted by molar-refractivity contribution is -0.141. The molecule has 1 aromatic carbocycles. The summed E-state index contributed by atoms with van der Waals surface area (Å²) < 4.78 is 5.55. The number of hydrogen-bond acceptors (Lipinski definition) is 3. The van der Waals surface area contributed by atoms with Gasteiger partial charge in [0.25, 0.3) is 0 Å². The first-order valence-electron chi connectivity index (χ1n) is 8.42. The van der Waals surface area contributed by atoms with Crippen molar-refractivity contribution in [3.05, 3.63) is 34.9 Å². The Morgan fingerprint density at radius 1 is 1.25 bits per heavy atom. The highest BCUT2D eigenvalue weighted by Gasteiger charge is 2.40. The lowest BCUT2D eigenvalue weighted by atomic mass is 9.89. The lowest BCUT2D eigenvalue weighted by Gasteiger charge is -2.17. The summed E-state index contributed by atoms with van der Waals surface area (Å²) in [6.45, 7) is 1.50. The zero-order chi connectivity index (χ0) is 17.1. The number of amides is 1. The number of benzene rings is 1. The van der Waals surface area contributed by atoms with Crippen molar-refractivity contribution in [1.29, 1.82) is 0 Å². The van der Waals surface area contributed by atoms with Crippen LogP contribution in [0.25, 0.3) is 0 Å². The van der Waals surface area contributed by atoms with Crippen molar-refractivity contribution in [2.75, 3.05) is 19.7 Å². The molecule has 3 atom stereocenters. The number of aliphatic carboxylic acids is 1. The van der Waals surface area contributed by atoms with Gasteiger partial charge in [0.2, 0.25) is 5.91 Å². The fourth-order valence-corrected chi connectivity index (χ4v) is 3.75. The minimum atomic E-state index is -0.857. The van der Waals surface area contributed by atoms with E-state index in [1.807, 2.05) is 12.1 Å². The molecular weight excluding hydrogens is 330 g/mol. The maximum Gasteiger partial charge on any atom is 0.308 e. The molecular formula is C18H22ClNO4. The van der Waals surface area contributed by atoms with E-state index in [2.05, 4.69) is 0 Å². The quantitative estimate of drug-likeness (QED) is 0.885. The van der Waals surface area contributed by atoms with Crippen molar-refractivity contribution in [3.63, 3.8) is 0 Å². The van der Waals surface area contributed by atoms with E-state index in [9.17, 15) is 14.7 Å². The maximum atomic E-state index is 12.5. The Morgan fingerprint density at radius 3 is 2.62 bits per heavy atom. The summed E-state index contributed by atoms with van der Waals surface area (Å²) in [6.07, 6.45) is 3.39. The van der Waals surface area contributed by atoms with Crippen LogP contribution in [0.15, 0.2) is 24.3 Å². The largest absolute Gasteiger partial charge is 0.481 e. The topological polar surface area (TPSA) is 66.8 Å². The number of halogens is 1. The van der Waals surface area contributed by atoms with Crippen molar-refractivity contribution in [1.82, 2.24) is 4.90 Å². The highest BCUT2D eigenvalue weighted by molar-refractivity contribution is 6.30. The number of carbonyl (C=O) groups excluding carboxylic acids is 1. The Hall–Kier alpha value is -1.59. The van der Waals surface area contributed by atoms with Gasteiger partial charge in [-0.1, -0.05) is 23.7 Å². The van der Waals surface area contributed by atoms with Gasteiger partial charge < -0.3 is 14.7 Å². The molecule has 1 amide bonds. The third-order valence-corrected chi connectivity index (χ3v) is 5.24. The standard InChI is InChI=1S/C18H22ClNO4/c19-13-5-3-12(4-6-13)15-10-20(11-16(15)18(22)23)17(21)8-7-14-2-1-9-24-14/h3-6,14-16H,1-2,7-11H2,(H,22,23)/t14?,15-,16+/m0/s1. The summed E-state index contributed by atoms with van der Waals surface area (Å²) in [7, 11) is 0. The molecule has 2 heterocycles. The predicted molar refractivity (Wildman–Crippen MR) is 90.1 cm³/mol. The summed E-state index contributed by atoms with van der Waals surface area (Å²) in [5.41, 5.74) is 0.918. The van der Waals surface area contributed by atoms with E-state index in [4.69, 9.17) is 16.3 Å². The monoisotopic (exact) mass is 351 g/mol. The molecule has 1 aromatic rings. The number of carbonyl (C=O) groups is 2. The van der Waals surface area contributed by atoms with E-state index in [0.717, 1.165) is 31.4 Å². The SMILES string of the molecule is O=C(O)[C@@H]1CN(C(=O)CCC2CCCO2)C[C@H]1c1ccc(Cl)cc1. The average molecular weight is 352 g/mol. The van der Waals surface area contributed by atoms with Crippen LogP contribution < -0.4 is 0 Å². The van der Waals surface area contributed by atoms with Crippen molar-refractivity contribution in [3.8, 4) is 0 Å². The van der Waals surface area contributed by atoms with Gasteiger partial charge in [-0.2, -0.15) is 0 Å². The molecule has 0 aliphatic carbocycles. The van der Waals surface area contributed by atoms with Gasteiger partial charge in [-0.25, -0.2) is 0 Å². The number of likely N-dealkylation sites (tertiary alicyclic amines) is 1. The first kappa shape index (κ1) is 17.2. The zero-order valence-corrected chi connectivity index (χ0v) is 14.2. The van der Waals surface area contributed by atoms with E-state index < -0.39 is 11.9 Å². The molecule has 3 rings (SSSR count). The van der Waals surface area contributed by atoms with Crippen LogP contribution in [0, 0.1) is 5.92 Å². The van der Waals surface area contributed by atoms with Crippen LogP contribution in [0.5, 0.6) is 0 Å². The molecule has 5 nitrogen and oxygen atoms in total. The molecule has 130 valence electrons. The molecule has 0 saturated carbocycles. The molecule has 1 unspecified atom stereocenters. The summed E-state index contributed by atoms with van der Waals surface area (Å²) >= 11 is 5.91. The third-order valence-electron chi connectivity index (χ3n) is 4.99. The van der Waals surface area contributed by atoms with Gasteiger partial charge in [-0.05, 0) is 37.0 Å². The minimum absolute atomic E-state index is 0.0215. The highest BCUT2D eigenvalue weighted by Crippen LogP contribution is 2.34. The number of hydrogen-bond donors (Lipinski definition) is 1. The molecule has 6 heteroatoms. The van der Waals surface area contributed by atoms with Gasteiger partial charge in [-0.3, -0.25) is 9.59 Å². The van der Waals surface area contributed by atoms with Crippen molar-refractivity contribution in [2.24, 2.45) is 5.92 Å². The molecule has 0 bridgehead atoms. The molecule has 2 aliphatic rings.